The number of nitrogens with one attached hydrogen (secondary N) is 1. The largest absolute Gasteiger partial charge is 0.469 e. The molecule has 0 saturated carbocycles. The minimum absolute atomic E-state index is 0.0945. The van der Waals surface area contributed by atoms with Gasteiger partial charge in [0.2, 0.25) is 0 Å². The number of aromatic nitrogens is 1. The first-order valence-corrected chi connectivity index (χ1v) is 8.52. The molecule has 21 heavy (non-hydrogen) atoms. The minimum Gasteiger partial charge on any atom is -0.469 e. The van der Waals surface area contributed by atoms with Crippen molar-refractivity contribution >= 4 is 66.9 Å². The van der Waals surface area contributed by atoms with Gasteiger partial charge in [-0.05, 0) is 40.8 Å². The first-order chi connectivity index (χ1) is 9.99. The number of carbonyl (C=O) groups excluding carboxylic acids is 2. The Morgan fingerprint density at radius 2 is 2.24 bits per heavy atom. The first-order valence-electron chi connectivity index (χ1n) is 5.77. The molecule has 0 spiro atoms. The van der Waals surface area contributed by atoms with Crippen LogP contribution in [0.1, 0.15) is 16.1 Å². The average molecular weight is 481 g/mol. The molecule has 0 radical (unpaired) electrons. The van der Waals surface area contributed by atoms with Crippen molar-refractivity contribution in [3.63, 3.8) is 0 Å². The molecule has 0 atom stereocenters. The minimum atomic E-state index is -0.361. The molecule has 1 heterocycles. The Balaban J connectivity index is 2.09. The van der Waals surface area contributed by atoms with Gasteiger partial charge in [0.1, 0.15) is 0 Å². The summed E-state index contributed by atoms with van der Waals surface area (Å²) in [4.78, 5) is 27.6. The summed E-state index contributed by atoms with van der Waals surface area (Å²) in [6, 6.07) is 5.47. The number of benzene rings is 1. The summed E-state index contributed by atoms with van der Waals surface area (Å²) < 4.78 is 6.25. The standard InChI is InChI=1S/C13H10BrIN2O3S/c1-20-11(18)5-8-6-21-13(16-8)17-12(19)9-4-7(14)2-3-10(9)15/h2-4,6H,5H2,1H3,(H,16,17,19). The molecule has 0 aliphatic heterocycles. The number of ether oxygens (including phenoxy) is 1. The molecule has 1 aromatic carbocycles. The maximum atomic E-state index is 12.2. The number of hydrogen-bond donors (Lipinski definition) is 1. The number of rotatable bonds is 4. The summed E-state index contributed by atoms with van der Waals surface area (Å²) in [6.45, 7) is 0. The van der Waals surface area contributed by atoms with Gasteiger partial charge in [0.05, 0.1) is 24.8 Å². The summed E-state index contributed by atoms with van der Waals surface area (Å²) in [5, 5.41) is 4.90. The van der Waals surface area contributed by atoms with Crippen LogP contribution in [0.3, 0.4) is 0 Å². The Morgan fingerprint density at radius 1 is 1.48 bits per heavy atom. The number of thiazole rings is 1. The summed E-state index contributed by atoms with van der Waals surface area (Å²) in [5.74, 6) is -0.598. The van der Waals surface area contributed by atoms with Crippen molar-refractivity contribution in [3.8, 4) is 0 Å². The maximum Gasteiger partial charge on any atom is 0.311 e. The van der Waals surface area contributed by atoms with E-state index in [1.165, 1.54) is 18.4 Å². The van der Waals surface area contributed by atoms with Gasteiger partial charge in [0, 0.05) is 13.4 Å². The van der Waals surface area contributed by atoms with Gasteiger partial charge in [-0.1, -0.05) is 15.9 Å². The van der Waals surface area contributed by atoms with E-state index in [1.807, 2.05) is 12.1 Å². The Morgan fingerprint density at radius 3 is 2.95 bits per heavy atom. The lowest BCUT2D eigenvalue weighted by atomic mass is 10.2. The second kappa shape index (κ2) is 7.32. The summed E-state index contributed by atoms with van der Waals surface area (Å²) in [7, 11) is 1.33. The van der Waals surface area contributed by atoms with E-state index in [0.717, 1.165) is 8.04 Å². The number of anilines is 1. The quantitative estimate of drug-likeness (QED) is 0.537. The third-order valence-electron chi connectivity index (χ3n) is 2.50. The van der Waals surface area contributed by atoms with E-state index in [2.05, 4.69) is 53.6 Å². The number of carbonyl (C=O) groups is 2. The molecule has 0 bridgehead atoms. The molecule has 0 saturated heterocycles. The van der Waals surface area contributed by atoms with Crippen LogP contribution in [0.5, 0.6) is 0 Å². The fraction of sp³-hybridized carbons (Fsp3) is 0.154. The van der Waals surface area contributed by atoms with E-state index in [-0.39, 0.29) is 18.3 Å². The molecule has 1 aromatic heterocycles. The van der Waals surface area contributed by atoms with Gasteiger partial charge < -0.3 is 4.74 Å². The van der Waals surface area contributed by atoms with Crippen LogP contribution < -0.4 is 5.32 Å². The van der Waals surface area contributed by atoms with Crippen molar-refractivity contribution in [1.82, 2.24) is 4.98 Å². The van der Waals surface area contributed by atoms with Crippen molar-refractivity contribution in [3.05, 3.63) is 42.9 Å². The van der Waals surface area contributed by atoms with Crippen LogP contribution in [0.4, 0.5) is 5.13 Å². The second-order valence-electron chi connectivity index (χ2n) is 3.98. The molecule has 8 heteroatoms. The highest BCUT2D eigenvalue weighted by molar-refractivity contribution is 14.1. The lowest BCUT2D eigenvalue weighted by molar-refractivity contribution is -0.139. The van der Waals surface area contributed by atoms with E-state index in [0.29, 0.717) is 16.4 Å². The highest BCUT2D eigenvalue weighted by Gasteiger charge is 2.13. The van der Waals surface area contributed by atoms with Gasteiger partial charge in [0.15, 0.2) is 5.13 Å². The molecule has 1 amide bonds. The van der Waals surface area contributed by atoms with Crippen molar-refractivity contribution in [2.24, 2.45) is 0 Å². The maximum absolute atomic E-state index is 12.2. The van der Waals surface area contributed by atoms with Crippen molar-refractivity contribution in [2.75, 3.05) is 12.4 Å². The van der Waals surface area contributed by atoms with E-state index in [9.17, 15) is 9.59 Å². The van der Waals surface area contributed by atoms with Crippen molar-refractivity contribution in [2.45, 2.75) is 6.42 Å². The Hall–Kier alpha value is -1.000. The van der Waals surface area contributed by atoms with Crippen LogP contribution in [0.15, 0.2) is 28.1 Å². The van der Waals surface area contributed by atoms with Crippen LogP contribution in [-0.4, -0.2) is 24.0 Å². The van der Waals surface area contributed by atoms with Gasteiger partial charge in [-0.25, -0.2) is 4.98 Å². The predicted molar refractivity (Wildman–Crippen MR) is 92.6 cm³/mol. The molecule has 110 valence electrons. The molecule has 0 aliphatic rings. The van der Waals surface area contributed by atoms with Gasteiger partial charge in [-0.15, -0.1) is 11.3 Å². The summed E-state index contributed by atoms with van der Waals surface area (Å²) in [6.07, 6.45) is 0.0945. The van der Waals surface area contributed by atoms with Crippen molar-refractivity contribution < 1.29 is 14.3 Å². The normalized spacial score (nSPS) is 10.2. The Labute approximate surface area is 147 Å². The van der Waals surface area contributed by atoms with Crippen LogP contribution in [0.2, 0.25) is 0 Å². The third kappa shape index (κ3) is 4.48. The van der Waals surface area contributed by atoms with Crippen LogP contribution in [-0.2, 0) is 16.0 Å². The molecular weight excluding hydrogens is 471 g/mol. The summed E-state index contributed by atoms with van der Waals surface area (Å²) >= 11 is 6.71. The average Bonchev–Trinajstić information content (AvgIpc) is 2.88. The number of amides is 1. The fourth-order valence-corrected chi connectivity index (χ4v) is 3.15. The lowest BCUT2D eigenvalue weighted by Crippen LogP contribution is -2.13. The highest BCUT2D eigenvalue weighted by atomic mass is 127. The van der Waals surface area contributed by atoms with Crippen LogP contribution in [0, 0.1) is 3.57 Å². The molecule has 5 nitrogen and oxygen atoms in total. The second-order valence-corrected chi connectivity index (χ2v) is 6.91. The van der Waals surface area contributed by atoms with Gasteiger partial charge in [-0.2, -0.15) is 0 Å². The van der Waals surface area contributed by atoms with Gasteiger partial charge in [-0.3, -0.25) is 14.9 Å². The molecule has 0 aliphatic carbocycles. The molecular formula is C13H10BrIN2O3S. The number of esters is 1. The van der Waals surface area contributed by atoms with E-state index in [1.54, 1.807) is 11.4 Å². The topological polar surface area (TPSA) is 68.3 Å². The van der Waals surface area contributed by atoms with E-state index < -0.39 is 0 Å². The van der Waals surface area contributed by atoms with Crippen LogP contribution in [0.25, 0.3) is 0 Å². The van der Waals surface area contributed by atoms with Crippen molar-refractivity contribution in [1.29, 1.82) is 0 Å². The summed E-state index contributed by atoms with van der Waals surface area (Å²) in [5.41, 5.74) is 1.14. The predicted octanol–water partition coefficient (Wildman–Crippen LogP) is 3.48. The monoisotopic (exact) mass is 480 g/mol. The highest BCUT2D eigenvalue weighted by Crippen LogP contribution is 2.21. The Kier molecular flexibility index (Phi) is 5.71. The number of hydrogen-bond acceptors (Lipinski definition) is 5. The van der Waals surface area contributed by atoms with Gasteiger partial charge >= 0.3 is 5.97 Å². The zero-order chi connectivity index (χ0) is 15.4. The molecule has 2 aromatic rings. The Bertz CT molecular complexity index is 690. The SMILES string of the molecule is COC(=O)Cc1csc(NC(=O)c2cc(Br)ccc2I)n1. The smallest absolute Gasteiger partial charge is 0.311 e. The van der Waals surface area contributed by atoms with Crippen LogP contribution >= 0.6 is 49.9 Å². The lowest BCUT2D eigenvalue weighted by Gasteiger charge is -2.04. The molecule has 2 rings (SSSR count). The fourth-order valence-electron chi connectivity index (χ4n) is 1.50. The molecule has 0 fully saturated rings. The number of methoxy groups -OCH3 is 1. The molecule has 1 N–H and O–H groups in total. The third-order valence-corrected chi connectivity index (χ3v) is 4.74. The molecule has 0 unspecified atom stereocenters. The zero-order valence-corrected chi connectivity index (χ0v) is 15.4. The first kappa shape index (κ1) is 16.4. The zero-order valence-electron chi connectivity index (χ0n) is 10.9. The number of nitrogens with zero attached hydrogens (tertiary/aromatic N) is 1. The number of halogens is 2. The van der Waals surface area contributed by atoms with Gasteiger partial charge in [0.25, 0.3) is 5.91 Å². The van der Waals surface area contributed by atoms with E-state index >= 15 is 0 Å². The van der Waals surface area contributed by atoms with E-state index in [4.69, 9.17) is 0 Å².